The van der Waals surface area contributed by atoms with E-state index in [-0.39, 0.29) is 0 Å². The lowest BCUT2D eigenvalue weighted by atomic mass is 10.1. The summed E-state index contributed by atoms with van der Waals surface area (Å²) in [4.78, 5) is 6.76. The van der Waals surface area contributed by atoms with E-state index in [4.69, 9.17) is 4.74 Å². The lowest BCUT2D eigenvalue weighted by molar-refractivity contribution is 0.145. The molecule has 0 unspecified atom stereocenters. The Morgan fingerprint density at radius 1 is 1.08 bits per heavy atom. The van der Waals surface area contributed by atoms with Gasteiger partial charge in [-0.15, -0.1) is 0 Å². The van der Waals surface area contributed by atoms with E-state index >= 15 is 0 Å². The van der Waals surface area contributed by atoms with E-state index in [0.717, 1.165) is 58.1 Å². The molecule has 0 aliphatic rings. The summed E-state index contributed by atoms with van der Waals surface area (Å²) in [5, 5.41) is 6.64. The van der Waals surface area contributed by atoms with Gasteiger partial charge in [0.1, 0.15) is 0 Å². The molecule has 1 rings (SSSR count). The number of benzene rings is 1. The molecule has 0 aromatic heterocycles. The number of guanidine groups is 1. The van der Waals surface area contributed by atoms with Crippen LogP contribution in [0.25, 0.3) is 0 Å². The average molecular weight is 335 g/mol. The van der Waals surface area contributed by atoms with Crippen LogP contribution in [0.15, 0.2) is 29.3 Å². The first-order valence-corrected chi connectivity index (χ1v) is 9.03. The summed E-state index contributed by atoms with van der Waals surface area (Å²) in [7, 11) is 4.13. The van der Waals surface area contributed by atoms with Gasteiger partial charge in [0.25, 0.3) is 0 Å². The molecule has 0 heterocycles. The summed E-state index contributed by atoms with van der Waals surface area (Å²) in [5.74, 6) is 0.900. The molecule has 24 heavy (non-hydrogen) atoms. The van der Waals surface area contributed by atoms with Gasteiger partial charge in [-0.1, -0.05) is 12.1 Å². The van der Waals surface area contributed by atoms with E-state index in [2.05, 4.69) is 65.8 Å². The van der Waals surface area contributed by atoms with Crippen LogP contribution >= 0.6 is 0 Å². The fraction of sp³-hybridized carbons (Fsp3) is 0.632. The molecule has 5 heteroatoms. The largest absolute Gasteiger partial charge is 0.382 e. The predicted molar refractivity (Wildman–Crippen MR) is 104 cm³/mol. The van der Waals surface area contributed by atoms with Gasteiger partial charge in [0.05, 0.1) is 0 Å². The minimum absolute atomic E-state index is 0.781. The maximum atomic E-state index is 5.34. The maximum Gasteiger partial charge on any atom is 0.191 e. The van der Waals surface area contributed by atoms with Crippen molar-refractivity contribution in [3.8, 4) is 0 Å². The Bertz CT molecular complexity index is 457. The monoisotopic (exact) mass is 334 g/mol. The third-order valence-corrected chi connectivity index (χ3v) is 3.65. The van der Waals surface area contributed by atoms with Crippen LogP contribution in [0.3, 0.4) is 0 Å². The smallest absolute Gasteiger partial charge is 0.191 e. The van der Waals surface area contributed by atoms with Crippen LogP contribution < -0.4 is 15.5 Å². The van der Waals surface area contributed by atoms with Crippen molar-refractivity contribution in [2.75, 3.05) is 51.8 Å². The second-order valence-corrected chi connectivity index (χ2v) is 5.90. The van der Waals surface area contributed by atoms with Gasteiger partial charge in [-0.25, -0.2) is 0 Å². The van der Waals surface area contributed by atoms with E-state index in [1.807, 2.05) is 6.92 Å². The summed E-state index contributed by atoms with van der Waals surface area (Å²) in [6.07, 6.45) is 3.11. The Morgan fingerprint density at radius 3 is 2.46 bits per heavy atom. The minimum Gasteiger partial charge on any atom is -0.382 e. The molecule has 0 aliphatic carbocycles. The Balaban J connectivity index is 2.30. The number of anilines is 1. The molecule has 2 N–H and O–H groups in total. The molecule has 0 atom stereocenters. The Hall–Kier alpha value is -1.75. The van der Waals surface area contributed by atoms with Crippen LogP contribution in [0.2, 0.25) is 0 Å². The van der Waals surface area contributed by atoms with E-state index in [0.29, 0.717) is 0 Å². The summed E-state index contributed by atoms with van der Waals surface area (Å²) in [5.41, 5.74) is 2.60. The fourth-order valence-electron chi connectivity index (χ4n) is 2.30. The molecule has 0 spiro atoms. The quantitative estimate of drug-likeness (QED) is 0.371. The summed E-state index contributed by atoms with van der Waals surface area (Å²) in [6, 6.07) is 8.75. The number of aryl methyl sites for hydroxylation is 1. The number of ether oxygens (including phenoxy) is 1. The van der Waals surface area contributed by atoms with Crippen molar-refractivity contribution >= 4 is 11.6 Å². The summed E-state index contributed by atoms with van der Waals surface area (Å²) >= 11 is 0. The third-order valence-electron chi connectivity index (χ3n) is 3.65. The van der Waals surface area contributed by atoms with E-state index in [1.54, 1.807) is 0 Å². The molecule has 0 aliphatic heterocycles. The van der Waals surface area contributed by atoms with Crippen molar-refractivity contribution in [2.24, 2.45) is 4.99 Å². The normalized spacial score (nSPS) is 11.4. The maximum absolute atomic E-state index is 5.34. The van der Waals surface area contributed by atoms with Gasteiger partial charge in [-0.05, 0) is 50.8 Å². The first-order valence-electron chi connectivity index (χ1n) is 9.03. The highest BCUT2D eigenvalue weighted by atomic mass is 16.5. The Kier molecular flexibility index (Phi) is 10.7. The van der Waals surface area contributed by atoms with Crippen molar-refractivity contribution < 1.29 is 4.74 Å². The lowest BCUT2D eigenvalue weighted by Gasteiger charge is -2.13. The molecule has 0 radical (unpaired) electrons. The number of rotatable bonds is 11. The zero-order valence-electron chi connectivity index (χ0n) is 15.8. The molecule has 0 amide bonds. The highest BCUT2D eigenvalue weighted by Gasteiger charge is 1.98. The highest BCUT2D eigenvalue weighted by Crippen LogP contribution is 2.13. The zero-order chi connectivity index (χ0) is 17.6. The van der Waals surface area contributed by atoms with Crippen LogP contribution in [-0.2, 0) is 11.2 Å². The average Bonchev–Trinajstić information content (AvgIpc) is 2.58. The van der Waals surface area contributed by atoms with Crippen LogP contribution in [-0.4, -0.2) is 52.9 Å². The molecular weight excluding hydrogens is 300 g/mol. The van der Waals surface area contributed by atoms with E-state index < -0.39 is 0 Å². The Labute approximate surface area is 147 Å². The first kappa shape index (κ1) is 20.3. The zero-order valence-corrected chi connectivity index (χ0v) is 15.8. The topological polar surface area (TPSA) is 48.9 Å². The standard InChI is InChI=1S/C19H34N4O/c1-5-20-19(22-15-8-16-24-6-2)21-14-7-9-17-10-12-18(13-11-17)23(3)4/h10-13H,5-9,14-16H2,1-4H3,(H2,20,21,22). The van der Waals surface area contributed by atoms with Gasteiger partial charge < -0.3 is 20.3 Å². The molecule has 0 saturated carbocycles. The third kappa shape index (κ3) is 8.77. The molecule has 0 fully saturated rings. The van der Waals surface area contributed by atoms with Crippen molar-refractivity contribution in [1.29, 1.82) is 0 Å². The molecule has 5 nitrogen and oxygen atoms in total. The van der Waals surface area contributed by atoms with Crippen LogP contribution in [0.5, 0.6) is 0 Å². The van der Waals surface area contributed by atoms with Crippen molar-refractivity contribution in [2.45, 2.75) is 33.1 Å². The predicted octanol–water partition coefficient (Wildman–Crippen LogP) is 2.67. The SMILES string of the molecule is CCNC(=NCCCc1ccc(N(C)C)cc1)NCCCOCC. The lowest BCUT2D eigenvalue weighted by Crippen LogP contribution is -2.38. The number of aliphatic imine (C=N–C) groups is 1. The minimum atomic E-state index is 0.781. The number of hydrogen-bond donors (Lipinski definition) is 2. The summed E-state index contributed by atoms with van der Waals surface area (Å²) in [6.45, 7) is 8.28. The van der Waals surface area contributed by atoms with Gasteiger partial charge in [0, 0.05) is 52.6 Å². The van der Waals surface area contributed by atoms with Crippen molar-refractivity contribution in [3.63, 3.8) is 0 Å². The number of nitrogens with zero attached hydrogens (tertiary/aromatic N) is 2. The van der Waals surface area contributed by atoms with E-state index in [1.165, 1.54) is 11.3 Å². The molecule has 0 bridgehead atoms. The van der Waals surface area contributed by atoms with Gasteiger partial charge in [0.15, 0.2) is 5.96 Å². The second kappa shape index (κ2) is 12.6. The molecular formula is C19H34N4O. The Morgan fingerprint density at radius 2 is 1.83 bits per heavy atom. The number of hydrogen-bond acceptors (Lipinski definition) is 3. The molecule has 1 aromatic carbocycles. The molecule has 136 valence electrons. The van der Waals surface area contributed by atoms with Gasteiger partial charge in [0.2, 0.25) is 0 Å². The van der Waals surface area contributed by atoms with Gasteiger partial charge in [-0.3, -0.25) is 4.99 Å². The highest BCUT2D eigenvalue weighted by molar-refractivity contribution is 5.79. The molecule has 0 saturated heterocycles. The van der Waals surface area contributed by atoms with Crippen molar-refractivity contribution in [1.82, 2.24) is 10.6 Å². The van der Waals surface area contributed by atoms with Crippen LogP contribution in [0.4, 0.5) is 5.69 Å². The van der Waals surface area contributed by atoms with Crippen LogP contribution in [0, 0.1) is 0 Å². The summed E-state index contributed by atoms with van der Waals surface area (Å²) < 4.78 is 5.34. The number of nitrogens with one attached hydrogen (secondary N) is 2. The fourth-order valence-corrected chi connectivity index (χ4v) is 2.30. The van der Waals surface area contributed by atoms with Gasteiger partial charge in [-0.2, -0.15) is 0 Å². The first-order chi connectivity index (χ1) is 11.7. The van der Waals surface area contributed by atoms with E-state index in [9.17, 15) is 0 Å². The van der Waals surface area contributed by atoms with Gasteiger partial charge >= 0.3 is 0 Å². The molecule has 1 aromatic rings. The van der Waals surface area contributed by atoms with Crippen LogP contribution in [0.1, 0.15) is 32.3 Å². The second-order valence-electron chi connectivity index (χ2n) is 5.90. The van der Waals surface area contributed by atoms with Crippen molar-refractivity contribution in [3.05, 3.63) is 29.8 Å².